The van der Waals surface area contributed by atoms with Crippen molar-refractivity contribution in [1.29, 1.82) is 0 Å². The highest BCUT2D eigenvalue weighted by atomic mass is 32.1. The number of hydrogen-bond donors (Lipinski definition) is 0. The molecule has 0 unspecified atom stereocenters. The predicted molar refractivity (Wildman–Crippen MR) is 122 cm³/mol. The van der Waals surface area contributed by atoms with Crippen molar-refractivity contribution < 1.29 is 4.42 Å². The lowest BCUT2D eigenvalue weighted by Gasteiger charge is -2.10. The quantitative estimate of drug-likeness (QED) is 0.438. The molecule has 0 bridgehead atoms. The molecule has 5 rings (SSSR count). The lowest BCUT2D eigenvalue weighted by molar-refractivity contribution is 0.521. The second-order valence-electron chi connectivity index (χ2n) is 7.81. The van der Waals surface area contributed by atoms with Crippen LogP contribution in [0.1, 0.15) is 64.6 Å². The minimum atomic E-state index is 0.469. The van der Waals surface area contributed by atoms with Gasteiger partial charge in [0.15, 0.2) is 11.7 Å². The number of aryl methyl sites for hydroxylation is 3. The predicted octanol–water partition coefficient (Wildman–Crippen LogP) is 5.11. The molecule has 0 amide bonds. The van der Waals surface area contributed by atoms with Crippen LogP contribution in [-0.2, 0) is 6.54 Å². The van der Waals surface area contributed by atoms with Crippen LogP contribution < -0.4 is 0 Å². The van der Waals surface area contributed by atoms with Crippen LogP contribution in [0.3, 0.4) is 0 Å². The summed E-state index contributed by atoms with van der Waals surface area (Å²) in [7, 11) is 0. The number of hydrogen-bond acceptors (Lipinski definition) is 7. The van der Waals surface area contributed by atoms with Gasteiger partial charge in [0, 0.05) is 23.6 Å². The highest BCUT2D eigenvalue weighted by Crippen LogP contribution is 2.35. The number of oxazole rings is 1. The van der Waals surface area contributed by atoms with Crippen molar-refractivity contribution in [3.05, 3.63) is 75.6 Å². The van der Waals surface area contributed by atoms with E-state index in [2.05, 4.69) is 59.6 Å². The number of fused-ring (bicyclic) bond motifs is 3. The van der Waals surface area contributed by atoms with Crippen LogP contribution in [0.5, 0.6) is 0 Å². The Balaban J connectivity index is 0.000000334. The van der Waals surface area contributed by atoms with Crippen LogP contribution in [0.25, 0.3) is 5.00 Å². The van der Waals surface area contributed by atoms with Gasteiger partial charge in [-0.3, -0.25) is 14.5 Å². The van der Waals surface area contributed by atoms with E-state index in [1.807, 2.05) is 13.1 Å². The van der Waals surface area contributed by atoms with Gasteiger partial charge in [0.05, 0.1) is 17.6 Å². The van der Waals surface area contributed by atoms with Crippen molar-refractivity contribution in [2.75, 3.05) is 0 Å². The number of pyridine rings is 1. The number of nitrogens with zero attached hydrogens (tertiary/aromatic N) is 6. The Morgan fingerprint density at radius 1 is 1.06 bits per heavy atom. The maximum atomic E-state index is 4.88. The first-order valence-electron chi connectivity index (χ1n) is 10.2. The summed E-state index contributed by atoms with van der Waals surface area (Å²) < 4.78 is 6.86. The molecule has 0 spiro atoms. The molecule has 1 aliphatic heterocycles. The van der Waals surface area contributed by atoms with Gasteiger partial charge in [0.2, 0.25) is 0 Å². The second kappa shape index (κ2) is 8.55. The van der Waals surface area contributed by atoms with Crippen LogP contribution in [-0.4, -0.2) is 30.4 Å². The standard InChI is InChI=1S/C19H21N5S.C4H5NO/c1-10(2)14-6-7-15(20-8-14)18-17-11(3)12(4)25-19(17)24-13(5)22-23-16(24)9-21-18;1-4-5-2-3-6-4/h6-8,10H,9H2,1-5H3;2-3H,1H3. The van der Waals surface area contributed by atoms with Crippen molar-refractivity contribution in [3.8, 4) is 5.00 Å². The Labute approximate surface area is 185 Å². The fourth-order valence-corrected chi connectivity index (χ4v) is 4.66. The zero-order valence-corrected chi connectivity index (χ0v) is 19.5. The van der Waals surface area contributed by atoms with E-state index in [0.717, 1.165) is 39.5 Å². The zero-order valence-electron chi connectivity index (χ0n) is 18.7. The van der Waals surface area contributed by atoms with E-state index in [1.165, 1.54) is 16.0 Å². The zero-order chi connectivity index (χ0) is 22.1. The molecule has 4 aromatic rings. The lowest BCUT2D eigenvalue weighted by atomic mass is 10.0. The van der Waals surface area contributed by atoms with Gasteiger partial charge in [0.1, 0.15) is 23.6 Å². The van der Waals surface area contributed by atoms with Gasteiger partial charge >= 0.3 is 0 Å². The molecular weight excluding hydrogens is 408 g/mol. The molecule has 0 aliphatic carbocycles. The molecular formula is C23H26N6OS. The molecule has 31 heavy (non-hydrogen) atoms. The molecule has 0 aromatic carbocycles. The average Bonchev–Trinajstić information content (AvgIpc) is 3.41. The van der Waals surface area contributed by atoms with Crippen molar-refractivity contribution >= 4 is 17.0 Å². The number of aliphatic imine (C=N–C) groups is 1. The van der Waals surface area contributed by atoms with E-state index in [-0.39, 0.29) is 0 Å². The van der Waals surface area contributed by atoms with Crippen LogP contribution in [0.2, 0.25) is 0 Å². The Hall–Kier alpha value is -3.13. The molecule has 0 saturated heterocycles. The van der Waals surface area contributed by atoms with E-state index in [9.17, 15) is 0 Å². The molecule has 4 aromatic heterocycles. The van der Waals surface area contributed by atoms with Gasteiger partial charge < -0.3 is 4.42 Å². The molecule has 0 radical (unpaired) electrons. The summed E-state index contributed by atoms with van der Waals surface area (Å²) in [6, 6.07) is 4.24. The highest BCUT2D eigenvalue weighted by molar-refractivity contribution is 7.15. The Morgan fingerprint density at radius 3 is 2.45 bits per heavy atom. The lowest BCUT2D eigenvalue weighted by Crippen LogP contribution is -2.09. The molecule has 0 N–H and O–H groups in total. The first-order chi connectivity index (χ1) is 14.9. The molecule has 7 nitrogen and oxygen atoms in total. The number of thiophene rings is 1. The van der Waals surface area contributed by atoms with E-state index < -0.39 is 0 Å². The summed E-state index contributed by atoms with van der Waals surface area (Å²) in [6.45, 7) is 13.0. The third kappa shape index (κ3) is 4.07. The molecule has 0 atom stereocenters. The van der Waals surface area contributed by atoms with E-state index in [4.69, 9.17) is 14.4 Å². The molecule has 1 aliphatic rings. The maximum Gasteiger partial charge on any atom is 0.190 e. The summed E-state index contributed by atoms with van der Waals surface area (Å²) in [5.74, 6) is 2.97. The van der Waals surface area contributed by atoms with E-state index >= 15 is 0 Å². The molecule has 160 valence electrons. The SMILES string of the molecule is Cc1ncco1.Cc1sc2c(c1C)C(c1ccc(C(C)C)cn1)=NCc1nnc(C)n1-2. The van der Waals surface area contributed by atoms with Gasteiger partial charge in [-0.05, 0) is 43.9 Å². The van der Waals surface area contributed by atoms with Crippen LogP contribution in [0.15, 0.2) is 40.2 Å². The Morgan fingerprint density at radius 2 is 1.87 bits per heavy atom. The Kier molecular flexibility index (Phi) is 5.82. The van der Waals surface area contributed by atoms with Crippen LogP contribution in [0.4, 0.5) is 0 Å². The van der Waals surface area contributed by atoms with Gasteiger partial charge in [-0.15, -0.1) is 21.5 Å². The minimum Gasteiger partial charge on any atom is -0.449 e. The monoisotopic (exact) mass is 434 g/mol. The minimum absolute atomic E-state index is 0.469. The van der Waals surface area contributed by atoms with Crippen LogP contribution in [0, 0.1) is 27.7 Å². The second-order valence-corrected chi connectivity index (χ2v) is 9.01. The maximum absolute atomic E-state index is 4.88. The summed E-state index contributed by atoms with van der Waals surface area (Å²) in [5, 5.41) is 9.70. The molecule has 5 heterocycles. The summed E-state index contributed by atoms with van der Waals surface area (Å²) in [6.07, 6.45) is 5.14. The highest BCUT2D eigenvalue weighted by Gasteiger charge is 2.26. The molecule has 0 saturated carbocycles. The van der Waals surface area contributed by atoms with Crippen molar-refractivity contribution in [3.63, 3.8) is 0 Å². The number of aromatic nitrogens is 5. The smallest absolute Gasteiger partial charge is 0.190 e. The summed E-state index contributed by atoms with van der Waals surface area (Å²) >= 11 is 1.77. The van der Waals surface area contributed by atoms with Crippen molar-refractivity contribution in [2.45, 2.75) is 54.0 Å². The summed E-state index contributed by atoms with van der Waals surface area (Å²) in [5.41, 5.74) is 5.53. The van der Waals surface area contributed by atoms with E-state index in [1.54, 1.807) is 30.7 Å². The largest absolute Gasteiger partial charge is 0.449 e. The average molecular weight is 435 g/mol. The van der Waals surface area contributed by atoms with E-state index in [0.29, 0.717) is 12.5 Å². The van der Waals surface area contributed by atoms with Crippen molar-refractivity contribution in [1.82, 2.24) is 24.7 Å². The van der Waals surface area contributed by atoms with Gasteiger partial charge in [-0.2, -0.15) is 0 Å². The summed E-state index contributed by atoms with van der Waals surface area (Å²) in [4.78, 5) is 14.6. The molecule has 0 fully saturated rings. The Bertz CT molecular complexity index is 1220. The molecule has 8 heteroatoms. The van der Waals surface area contributed by atoms with Crippen molar-refractivity contribution in [2.24, 2.45) is 4.99 Å². The third-order valence-electron chi connectivity index (χ3n) is 5.33. The van der Waals surface area contributed by atoms with Gasteiger partial charge in [-0.25, -0.2) is 4.98 Å². The first-order valence-corrected chi connectivity index (χ1v) is 11.1. The third-order valence-corrected chi connectivity index (χ3v) is 6.52. The number of rotatable bonds is 2. The first kappa shape index (κ1) is 21.1. The normalized spacial score (nSPS) is 12.5. The topological polar surface area (TPSA) is 82.0 Å². The fraction of sp³-hybridized carbons (Fsp3) is 0.348. The van der Waals surface area contributed by atoms with Crippen LogP contribution >= 0.6 is 11.3 Å². The van der Waals surface area contributed by atoms with Gasteiger partial charge in [-0.1, -0.05) is 19.9 Å². The van der Waals surface area contributed by atoms with Gasteiger partial charge in [0.25, 0.3) is 0 Å². The fourth-order valence-electron chi connectivity index (χ4n) is 3.44.